The number of hydrogen-bond acceptors (Lipinski definition) is 3. The van der Waals surface area contributed by atoms with Crippen LogP contribution in [0.15, 0.2) is 54.7 Å². The molecule has 0 aliphatic rings. The van der Waals surface area contributed by atoms with Crippen LogP contribution in [0.1, 0.15) is 21.5 Å². The van der Waals surface area contributed by atoms with Crippen molar-refractivity contribution in [3.05, 3.63) is 71.4 Å². The van der Waals surface area contributed by atoms with E-state index in [0.717, 1.165) is 5.56 Å². The zero-order valence-corrected chi connectivity index (χ0v) is 13.3. The second-order valence-corrected chi connectivity index (χ2v) is 5.74. The number of benzene rings is 2. The van der Waals surface area contributed by atoms with Gasteiger partial charge in [0.25, 0.3) is 5.78 Å². The highest BCUT2D eigenvalue weighted by atomic mass is 16.4. The third-order valence-electron chi connectivity index (χ3n) is 3.98. The molecular formula is C19H16N2O4. The van der Waals surface area contributed by atoms with E-state index < -0.39 is 17.7 Å². The van der Waals surface area contributed by atoms with Gasteiger partial charge in [0.1, 0.15) is 0 Å². The second kappa shape index (κ2) is 6.60. The number of rotatable bonds is 6. The number of carbonyl (C=O) groups is 3. The van der Waals surface area contributed by atoms with Crippen LogP contribution < -0.4 is 5.73 Å². The quantitative estimate of drug-likeness (QED) is 0.531. The molecule has 3 rings (SSSR count). The lowest BCUT2D eigenvalue weighted by molar-refractivity contribution is -0.131. The molecule has 0 radical (unpaired) electrons. The molecule has 1 aromatic heterocycles. The molecule has 3 N–H and O–H groups in total. The number of carboxylic acid groups (broad SMARTS) is 1. The van der Waals surface area contributed by atoms with E-state index in [4.69, 9.17) is 10.8 Å². The highest BCUT2D eigenvalue weighted by molar-refractivity contribution is 6.42. The monoisotopic (exact) mass is 336 g/mol. The summed E-state index contributed by atoms with van der Waals surface area (Å²) in [5.74, 6) is -3.08. The normalized spacial score (nSPS) is 10.7. The average Bonchev–Trinajstić information content (AvgIpc) is 2.92. The van der Waals surface area contributed by atoms with Crippen molar-refractivity contribution >= 4 is 28.6 Å². The lowest BCUT2D eigenvalue weighted by Gasteiger charge is -2.06. The molecular weight excluding hydrogens is 320 g/mol. The zero-order valence-electron chi connectivity index (χ0n) is 13.3. The van der Waals surface area contributed by atoms with Crippen molar-refractivity contribution in [3.63, 3.8) is 0 Å². The molecule has 0 saturated heterocycles. The van der Waals surface area contributed by atoms with Gasteiger partial charge in [-0.2, -0.15) is 0 Å². The number of nitrogens with zero attached hydrogens (tertiary/aromatic N) is 1. The minimum absolute atomic E-state index is 0.0630. The topological polar surface area (TPSA) is 102 Å². The molecule has 126 valence electrons. The number of carbonyl (C=O) groups excluding carboxylic acids is 2. The van der Waals surface area contributed by atoms with Gasteiger partial charge in [0.15, 0.2) is 0 Å². The lowest BCUT2D eigenvalue weighted by atomic mass is 10.0. The Bertz CT molecular complexity index is 974. The van der Waals surface area contributed by atoms with Gasteiger partial charge in [-0.05, 0) is 17.2 Å². The van der Waals surface area contributed by atoms with E-state index in [-0.39, 0.29) is 12.0 Å². The summed E-state index contributed by atoms with van der Waals surface area (Å²) in [4.78, 5) is 34.6. The third kappa shape index (κ3) is 3.28. The van der Waals surface area contributed by atoms with Crippen molar-refractivity contribution in [2.24, 2.45) is 5.73 Å². The number of nitrogens with two attached hydrogens (primary N) is 1. The van der Waals surface area contributed by atoms with Crippen LogP contribution in [0.25, 0.3) is 10.9 Å². The number of fused-ring (bicyclic) bond motifs is 1. The van der Waals surface area contributed by atoms with Gasteiger partial charge < -0.3 is 15.4 Å². The number of aliphatic carboxylic acids is 1. The highest BCUT2D eigenvalue weighted by Gasteiger charge is 2.22. The largest absolute Gasteiger partial charge is 0.475 e. The van der Waals surface area contributed by atoms with Gasteiger partial charge in [-0.1, -0.05) is 42.5 Å². The number of primary amides is 1. The van der Waals surface area contributed by atoms with Gasteiger partial charge >= 0.3 is 5.97 Å². The predicted molar refractivity (Wildman–Crippen MR) is 92.3 cm³/mol. The van der Waals surface area contributed by atoms with E-state index in [1.165, 1.54) is 6.07 Å². The van der Waals surface area contributed by atoms with Gasteiger partial charge in [-0.25, -0.2) is 4.79 Å². The Morgan fingerprint density at radius 1 is 1.00 bits per heavy atom. The van der Waals surface area contributed by atoms with Gasteiger partial charge in [0.2, 0.25) is 5.91 Å². The molecule has 0 saturated carbocycles. The summed E-state index contributed by atoms with van der Waals surface area (Å²) < 4.78 is 1.89. The maximum atomic E-state index is 12.0. The smallest absolute Gasteiger partial charge is 0.377 e. The van der Waals surface area contributed by atoms with E-state index in [1.807, 2.05) is 34.9 Å². The van der Waals surface area contributed by atoms with Crippen molar-refractivity contribution in [2.75, 3.05) is 0 Å². The van der Waals surface area contributed by atoms with Gasteiger partial charge in [0, 0.05) is 29.2 Å². The number of aromatic nitrogens is 1. The molecule has 25 heavy (non-hydrogen) atoms. The minimum Gasteiger partial charge on any atom is -0.475 e. The van der Waals surface area contributed by atoms with Gasteiger partial charge in [-0.15, -0.1) is 0 Å². The number of hydrogen-bond donors (Lipinski definition) is 2. The molecule has 2 aromatic carbocycles. The molecule has 0 unspecified atom stereocenters. The first kappa shape index (κ1) is 16.4. The lowest BCUT2D eigenvalue weighted by Crippen LogP contribution is -2.15. The Balaban J connectivity index is 2.19. The van der Waals surface area contributed by atoms with E-state index >= 15 is 0 Å². The summed E-state index contributed by atoms with van der Waals surface area (Å²) >= 11 is 0. The summed E-state index contributed by atoms with van der Waals surface area (Å²) in [6.45, 7) is 0.529. The first-order chi connectivity index (χ1) is 12.0. The SMILES string of the molecule is NC(=O)Cc1cn(Cc2ccccc2)c2cccc(C(=O)C(=O)O)c12. The molecule has 1 heterocycles. The van der Waals surface area contributed by atoms with Crippen molar-refractivity contribution in [1.29, 1.82) is 0 Å². The molecule has 0 aliphatic heterocycles. The van der Waals surface area contributed by atoms with Crippen LogP contribution in [0, 0.1) is 0 Å². The Morgan fingerprint density at radius 2 is 1.72 bits per heavy atom. The van der Waals surface area contributed by atoms with Crippen molar-refractivity contribution in [3.8, 4) is 0 Å². The van der Waals surface area contributed by atoms with Crippen molar-refractivity contribution in [1.82, 2.24) is 4.57 Å². The third-order valence-corrected chi connectivity index (χ3v) is 3.98. The average molecular weight is 336 g/mol. The summed E-state index contributed by atoms with van der Waals surface area (Å²) in [6.07, 6.45) is 1.68. The fourth-order valence-electron chi connectivity index (χ4n) is 2.98. The van der Waals surface area contributed by atoms with Crippen LogP contribution >= 0.6 is 0 Å². The van der Waals surface area contributed by atoms with Crippen molar-refractivity contribution < 1.29 is 19.5 Å². The Morgan fingerprint density at radius 3 is 2.36 bits per heavy atom. The van der Waals surface area contributed by atoms with E-state index in [2.05, 4.69) is 0 Å². The van der Waals surface area contributed by atoms with E-state index in [0.29, 0.717) is 23.0 Å². The van der Waals surface area contributed by atoms with Crippen LogP contribution in [0.2, 0.25) is 0 Å². The molecule has 3 aromatic rings. The number of carboxylic acids is 1. The van der Waals surface area contributed by atoms with Crippen LogP contribution in [-0.2, 0) is 22.6 Å². The molecule has 0 spiro atoms. The standard InChI is InChI=1S/C19H16N2O4/c20-16(22)9-13-11-21(10-12-5-2-1-3-6-12)15-8-4-7-14(17(13)15)18(23)19(24)25/h1-8,11H,9-10H2,(H2,20,22)(H,24,25). The summed E-state index contributed by atoms with van der Waals surface area (Å²) in [5, 5.41) is 9.52. The molecule has 0 aliphatic carbocycles. The van der Waals surface area contributed by atoms with Crippen LogP contribution in [0.3, 0.4) is 0 Å². The second-order valence-electron chi connectivity index (χ2n) is 5.74. The summed E-state index contributed by atoms with van der Waals surface area (Å²) in [7, 11) is 0. The number of Topliss-reactive ketones (excluding diaryl/α,β-unsaturated/α-hetero) is 1. The molecule has 6 nitrogen and oxygen atoms in total. The highest BCUT2D eigenvalue weighted by Crippen LogP contribution is 2.27. The van der Waals surface area contributed by atoms with E-state index in [9.17, 15) is 14.4 Å². The van der Waals surface area contributed by atoms with Gasteiger partial charge in [0.05, 0.1) is 6.42 Å². The Hall–Kier alpha value is -3.41. The molecule has 6 heteroatoms. The molecule has 0 bridgehead atoms. The number of amides is 1. The van der Waals surface area contributed by atoms with Crippen LogP contribution in [0.4, 0.5) is 0 Å². The number of ketones is 1. The fraction of sp³-hybridized carbons (Fsp3) is 0.105. The molecule has 0 fully saturated rings. The van der Waals surface area contributed by atoms with Gasteiger partial charge in [-0.3, -0.25) is 9.59 Å². The molecule has 1 amide bonds. The van der Waals surface area contributed by atoms with Crippen LogP contribution in [-0.4, -0.2) is 27.3 Å². The molecule has 0 atom stereocenters. The summed E-state index contributed by atoms with van der Waals surface area (Å²) in [5.41, 5.74) is 7.65. The Labute approximate surface area is 143 Å². The summed E-state index contributed by atoms with van der Waals surface area (Å²) in [6, 6.07) is 14.6. The fourth-order valence-corrected chi connectivity index (χ4v) is 2.98. The maximum absolute atomic E-state index is 12.0. The predicted octanol–water partition coefficient (Wildman–Crippen LogP) is 1.98. The first-order valence-corrected chi connectivity index (χ1v) is 7.68. The zero-order chi connectivity index (χ0) is 18.0. The minimum atomic E-state index is -1.53. The van der Waals surface area contributed by atoms with Crippen LogP contribution in [0.5, 0.6) is 0 Å². The maximum Gasteiger partial charge on any atom is 0.377 e. The van der Waals surface area contributed by atoms with E-state index in [1.54, 1.807) is 18.3 Å². The van der Waals surface area contributed by atoms with Crippen molar-refractivity contribution in [2.45, 2.75) is 13.0 Å². The Kier molecular flexibility index (Phi) is 4.35. The first-order valence-electron chi connectivity index (χ1n) is 7.68.